The first-order chi connectivity index (χ1) is 17.6. The summed E-state index contributed by atoms with van der Waals surface area (Å²) in [4.78, 5) is 39.3. The second-order valence-electron chi connectivity index (χ2n) is 9.58. The largest absolute Gasteiger partial charge is 0.493 e. The predicted octanol–water partition coefficient (Wildman–Crippen LogP) is 5.38. The summed E-state index contributed by atoms with van der Waals surface area (Å²) >= 11 is 0. The maximum absolute atomic E-state index is 13.2. The minimum absolute atomic E-state index is 0.0956. The van der Waals surface area contributed by atoms with E-state index in [0.29, 0.717) is 22.7 Å². The summed E-state index contributed by atoms with van der Waals surface area (Å²) < 4.78 is 24.3. The van der Waals surface area contributed by atoms with E-state index in [4.69, 9.17) is 9.47 Å². The predicted molar refractivity (Wildman–Crippen MR) is 138 cm³/mol. The molecule has 0 aliphatic carbocycles. The number of rotatable bonds is 6. The highest BCUT2D eigenvalue weighted by Crippen LogP contribution is 2.31. The number of imide groups is 2. The van der Waals surface area contributed by atoms with Crippen LogP contribution in [0.25, 0.3) is 6.08 Å². The van der Waals surface area contributed by atoms with Gasteiger partial charge in [0.05, 0.1) is 12.8 Å². The first-order valence-corrected chi connectivity index (χ1v) is 11.6. The van der Waals surface area contributed by atoms with E-state index in [-0.39, 0.29) is 23.4 Å². The average Bonchev–Trinajstić information content (AvgIpc) is 2.86. The number of hydrogen-bond acceptors (Lipinski definition) is 5. The third-order valence-corrected chi connectivity index (χ3v) is 5.90. The molecule has 1 aliphatic heterocycles. The van der Waals surface area contributed by atoms with Crippen molar-refractivity contribution in [2.24, 2.45) is 0 Å². The molecular formula is C29H27FN2O5. The average molecular weight is 503 g/mol. The number of amides is 4. The molecule has 190 valence electrons. The van der Waals surface area contributed by atoms with Gasteiger partial charge in [-0.3, -0.25) is 14.9 Å². The number of carbonyl (C=O) groups is 3. The quantitative estimate of drug-likeness (QED) is 0.362. The molecule has 1 N–H and O–H groups in total. The van der Waals surface area contributed by atoms with E-state index < -0.39 is 17.8 Å². The highest BCUT2D eigenvalue weighted by molar-refractivity contribution is 6.39. The number of nitrogens with zero attached hydrogens (tertiary/aromatic N) is 1. The fraction of sp³-hybridized carbons (Fsp3) is 0.207. The molecule has 0 spiro atoms. The number of ether oxygens (including phenoxy) is 2. The Hall–Kier alpha value is -4.46. The fourth-order valence-electron chi connectivity index (χ4n) is 3.80. The molecule has 7 nitrogen and oxygen atoms in total. The highest BCUT2D eigenvalue weighted by Gasteiger charge is 2.37. The molecule has 37 heavy (non-hydrogen) atoms. The third kappa shape index (κ3) is 5.69. The van der Waals surface area contributed by atoms with Crippen LogP contribution in [0.1, 0.15) is 37.5 Å². The number of benzene rings is 3. The Labute approximate surface area is 214 Å². The summed E-state index contributed by atoms with van der Waals surface area (Å²) in [6.45, 7) is 6.39. The van der Waals surface area contributed by atoms with Gasteiger partial charge in [0, 0.05) is 0 Å². The number of urea groups is 1. The maximum atomic E-state index is 13.2. The van der Waals surface area contributed by atoms with Gasteiger partial charge in [-0.05, 0) is 64.6 Å². The van der Waals surface area contributed by atoms with Crippen LogP contribution in [-0.4, -0.2) is 25.0 Å². The van der Waals surface area contributed by atoms with E-state index in [0.717, 1.165) is 16.0 Å². The van der Waals surface area contributed by atoms with Crippen molar-refractivity contribution in [3.05, 3.63) is 94.8 Å². The van der Waals surface area contributed by atoms with Gasteiger partial charge < -0.3 is 9.47 Å². The number of anilines is 1. The molecule has 0 aromatic heterocycles. The Morgan fingerprint density at radius 3 is 2.22 bits per heavy atom. The van der Waals surface area contributed by atoms with Gasteiger partial charge in [-0.15, -0.1) is 0 Å². The molecule has 3 aromatic carbocycles. The second-order valence-corrected chi connectivity index (χ2v) is 9.58. The fourth-order valence-corrected chi connectivity index (χ4v) is 3.80. The van der Waals surface area contributed by atoms with Gasteiger partial charge in [-0.1, -0.05) is 51.1 Å². The Bertz CT molecular complexity index is 1370. The highest BCUT2D eigenvalue weighted by atomic mass is 19.1. The van der Waals surface area contributed by atoms with Gasteiger partial charge in [-0.2, -0.15) is 0 Å². The van der Waals surface area contributed by atoms with Gasteiger partial charge in [0.25, 0.3) is 11.8 Å². The molecule has 8 heteroatoms. The third-order valence-electron chi connectivity index (χ3n) is 5.90. The Balaban J connectivity index is 1.58. The molecule has 1 saturated heterocycles. The molecule has 1 fully saturated rings. The lowest BCUT2D eigenvalue weighted by Gasteiger charge is -2.27. The van der Waals surface area contributed by atoms with Crippen LogP contribution in [0.5, 0.6) is 11.5 Å². The smallest absolute Gasteiger partial charge is 0.335 e. The van der Waals surface area contributed by atoms with Gasteiger partial charge in [0.15, 0.2) is 11.5 Å². The molecule has 0 atom stereocenters. The van der Waals surface area contributed by atoms with Crippen LogP contribution in [0, 0.1) is 5.82 Å². The van der Waals surface area contributed by atoms with Crippen LogP contribution in [0.15, 0.2) is 72.3 Å². The minimum atomic E-state index is -0.808. The summed E-state index contributed by atoms with van der Waals surface area (Å²) in [5, 5.41) is 2.23. The van der Waals surface area contributed by atoms with Crippen LogP contribution in [-0.2, 0) is 21.6 Å². The van der Waals surface area contributed by atoms with Crippen molar-refractivity contribution in [3.63, 3.8) is 0 Å². The SMILES string of the molecule is COc1cc(/C=C2/C(=O)NC(=O)N(c3ccc(C(C)(C)C)cc3)C2=O)ccc1OCc1ccc(F)cc1. The molecule has 0 radical (unpaired) electrons. The van der Waals surface area contributed by atoms with Crippen LogP contribution in [0.3, 0.4) is 0 Å². The van der Waals surface area contributed by atoms with E-state index in [2.05, 4.69) is 26.1 Å². The topological polar surface area (TPSA) is 84.9 Å². The normalized spacial score (nSPS) is 15.1. The monoisotopic (exact) mass is 502 g/mol. The number of hydrogen-bond donors (Lipinski definition) is 1. The lowest BCUT2D eigenvalue weighted by atomic mass is 9.87. The molecule has 4 rings (SSSR count). The standard InChI is InChI=1S/C29H27FN2O5/c1-29(2,3)20-8-12-22(13-9-20)32-27(34)23(26(33)31-28(32)35)15-19-7-14-24(25(16-19)36-4)37-17-18-5-10-21(30)11-6-18/h5-16H,17H2,1-4H3,(H,31,33,35)/b23-15-. The summed E-state index contributed by atoms with van der Waals surface area (Å²) in [6.07, 6.45) is 1.40. The van der Waals surface area contributed by atoms with Crippen molar-refractivity contribution in [1.82, 2.24) is 5.32 Å². The second kappa shape index (κ2) is 10.3. The summed E-state index contributed by atoms with van der Waals surface area (Å²) in [5.41, 5.74) is 2.39. The van der Waals surface area contributed by atoms with Crippen molar-refractivity contribution in [2.45, 2.75) is 32.8 Å². The lowest BCUT2D eigenvalue weighted by Crippen LogP contribution is -2.54. The number of barbiturate groups is 1. The van der Waals surface area contributed by atoms with Gasteiger partial charge >= 0.3 is 6.03 Å². The summed E-state index contributed by atoms with van der Waals surface area (Å²) in [7, 11) is 1.47. The Kier molecular flexibility index (Phi) is 7.11. The van der Waals surface area contributed by atoms with Crippen LogP contribution >= 0.6 is 0 Å². The van der Waals surface area contributed by atoms with Crippen LogP contribution in [0.4, 0.5) is 14.9 Å². The Morgan fingerprint density at radius 1 is 0.919 bits per heavy atom. The molecule has 0 unspecified atom stereocenters. The molecule has 0 saturated carbocycles. The van der Waals surface area contributed by atoms with Crippen molar-refractivity contribution in [3.8, 4) is 11.5 Å². The van der Waals surface area contributed by atoms with Crippen molar-refractivity contribution in [2.75, 3.05) is 12.0 Å². The first kappa shape index (κ1) is 25.6. The summed E-state index contributed by atoms with van der Waals surface area (Å²) in [5.74, 6) is -1.03. The zero-order chi connectivity index (χ0) is 26.7. The van der Waals surface area contributed by atoms with Crippen molar-refractivity contribution >= 4 is 29.6 Å². The molecule has 3 aromatic rings. The zero-order valence-electron chi connectivity index (χ0n) is 21.0. The van der Waals surface area contributed by atoms with Crippen molar-refractivity contribution in [1.29, 1.82) is 0 Å². The number of methoxy groups -OCH3 is 1. The molecule has 0 bridgehead atoms. The molecule has 1 aliphatic rings. The molecule has 1 heterocycles. The minimum Gasteiger partial charge on any atom is -0.493 e. The van der Waals surface area contributed by atoms with E-state index in [1.54, 1.807) is 42.5 Å². The van der Waals surface area contributed by atoms with Crippen molar-refractivity contribution < 1.29 is 28.2 Å². The molecule has 4 amide bonds. The van der Waals surface area contributed by atoms with E-state index in [1.807, 2.05) is 12.1 Å². The summed E-state index contributed by atoms with van der Waals surface area (Å²) in [6, 6.07) is 17.1. The van der Waals surface area contributed by atoms with Gasteiger partial charge in [0.1, 0.15) is 18.0 Å². The molecular weight excluding hydrogens is 475 g/mol. The van der Waals surface area contributed by atoms with E-state index in [9.17, 15) is 18.8 Å². The van der Waals surface area contributed by atoms with Crippen LogP contribution in [0.2, 0.25) is 0 Å². The maximum Gasteiger partial charge on any atom is 0.335 e. The van der Waals surface area contributed by atoms with Crippen LogP contribution < -0.4 is 19.7 Å². The lowest BCUT2D eigenvalue weighted by molar-refractivity contribution is -0.122. The van der Waals surface area contributed by atoms with Gasteiger partial charge in [0.2, 0.25) is 0 Å². The Morgan fingerprint density at radius 2 is 1.59 bits per heavy atom. The number of carbonyl (C=O) groups excluding carboxylic acids is 3. The van der Waals surface area contributed by atoms with E-state index in [1.165, 1.54) is 25.3 Å². The van der Waals surface area contributed by atoms with E-state index >= 15 is 0 Å². The number of nitrogens with one attached hydrogen (secondary N) is 1. The first-order valence-electron chi connectivity index (χ1n) is 11.6. The van der Waals surface area contributed by atoms with Gasteiger partial charge in [-0.25, -0.2) is 14.1 Å². The zero-order valence-corrected chi connectivity index (χ0v) is 21.0. The number of halogens is 1.